The SMILES string of the molecule is N[C@H]1CC[C@H](CNc2ccc3ocnc3c2)CC1. The van der Waals surface area contributed by atoms with E-state index in [1.54, 1.807) is 0 Å². The second-order valence-corrected chi connectivity index (χ2v) is 5.20. The minimum absolute atomic E-state index is 0.424. The average molecular weight is 245 g/mol. The van der Waals surface area contributed by atoms with E-state index in [0.29, 0.717) is 6.04 Å². The highest BCUT2D eigenvalue weighted by Crippen LogP contribution is 2.24. The molecular formula is C14H19N3O. The Balaban J connectivity index is 1.59. The number of nitrogens with two attached hydrogens (primary N) is 1. The number of fused-ring (bicyclic) bond motifs is 1. The van der Waals surface area contributed by atoms with Gasteiger partial charge in [0, 0.05) is 18.3 Å². The zero-order valence-electron chi connectivity index (χ0n) is 10.4. The maximum atomic E-state index is 5.92. The molecule has 1 fully saturated rings. The number of rotatable bonds is 3. The van der Waals surface area contributed by atoms with Gasteiger partial charge in [-0.25, -0.2) is 4.98 Å². The second-order valence-electron chi connectivity index (χ2n) is 5.20. The van der Waals surface area contributed by atoms with Gasteiger partial charge in [0.1, 0.15) is 5.52 Å². The van der Waals surface area contributed by atoms with E-state index in [4.69, 9.17) is 10.2 Å². The van der Waals surface area contributed by atoms with E-state index in [9.17, 15) is 0 Å². The molecule has 3 rings (SSSR count). The predicted molar refractivity (Wildman–Crippen MR) is 72.4 cm³/mol. The van der Waals surface area contributed by atoms with Crippen LogP contribution in [-0.2, 0) is 0 Å². The van der Waals surface area contributed by atoms with Gasteiger partial charge in [-0.3, -0.25) is 0 Å². The first kappa shape index (κ1) is 11.5. The maximum Gasteiger partial charge on any atom is 0.181 e. The summed E-state index contributed by atoms with van der Waals surface area (Å²) in [4.78, 5) is 4.16. The quantitative estimate of drug-likeness (QED) is 0.872. The Bertz CT molecular complexity index is 514. The number of oxazole rings is 1. The van der Waals surface area contributed by atoms with Crippen molar-refractivity contribution in [2.45, 2.75) is 31.7 Å². The van der Waals surface area contributed by atoms with Crippen LogP contribution in [0.15, 0.2) is 29.0 Å². The molecule has 1 heterocycles. The van der Waals surface area contributed by atoms with Gasteiger partial charge in [-0.05, 0) is 49.8 Å². The maximum absolute atomic E-state index is 5.92. The van der Waals surface area contributed by atoms with Crippen molar-refractivity contribution in [2.24, 2.45) is 11.7 Å². The first-order valence-corrected chi connectivity index (χ1v) is 6.64. The molecule has 3 N–H and O–H groups in total. The summed E-state index contributed by atoms with van der Waals surface area (Å²) in [5, 5.41) is 3.49. The van der Waals surface area contributed by atoms with Crippen molar-refractivity contribution in [3.63, 3.8) is 0 Å². The van der Waals surface area contributed by atoms with Gasteiger partial charge >= 0.3 is 0 Å². The Morgan fingerprint density at radius 2 is 2.11 bits per heavy atom. The summed E-state index contributed by atoms with van der Waals surface area (Å²) in [6.45, 7) is 1.02. The molecule has 0 bridgehead atoms. The zero-order chi connectivity index (χ0) is 12.4. The summed E-state index contributed by atoms with van der Waals surface area (Å²) < 4.78 is 5.23. The lowest BCUT2D eigenvalue weighted by molar-refractivity contribution is 0.339. The smallest absolute Gasteiger partial charge is 0.181 e. The van der Waals surface area contributed by atoms with Gasteiger partial charge in [0.15, 0.2) is 12.0 Å². The van der Waals surface area contributed by atoms with Gasteiger partial charge in [0.05, 0.1) is 0 Å². The van der Waals surface area contributed by atoms with Crippen molar-refractivity contribution in [1.29, 1.82) is 0 Å². The minimum atomic E-state index is 0.424. The highest BCUT2D eigenvalue weighted by molar-refractivity contribution is 5.76. The van der Waals surface area contributed by atoms with Gasteiger partial charge < -0.3 is 15.5 Å². The largest absolute Gasteiger partial charge is 0.443 e. The molecule has 96 valence electrons. The van der Waals surface area contributed by atoms with E-state index in [1.165, 1.54) is 19.2 Å². The van der Waals surface area contributed by atoms with Crippen LogP contribution in [0.25, 0.3) is 11.1 Å². The summed E-state index contributed by atoms with van der Waals surface area (Å²) in [6.07, 6.45) is 6.28. The molecular weight excluding hydrogens is 226 g/mol. The lowest BCUT2D eigenvalue weighted by Gasteiger charge is -2.26. The second kappa shape index (κ2) is 4.98. The fourth-order valence-corrected chi connectivity index (χ4v) is 2.62. The number of benzene rings is 1. The van der Waals surface area contributed by atoms with Gasteiger partial charge in [0.2, 0.25) is 0 Å². The molecule has 0 aliphatic heterocycles. The number of hydrogen-bond acceptors (Lipinski definition) is 4. The van der Waals surface area contributed by atoms with Gasteiger partial charge in [0.25, 0.3) is 0 Å². The van der Waals surface area contributed by atoms with Crippen LogP contribution in [0.3, 0.4) is 0 Å². The van der Waals surface area contributed by atoms with E-state index in [-0.39, 0.29) is 0 Å². The Kier molecular flexibility index (Phi) is 3.19. The number of aromatic nitrogens is 1. The van der Waals surface area contributed by atoms with Gasteiger partial charge in [-0.15, -0.1) is 0 Å². The minimum Gasteiger partial charge on any atom is -0.443 e. The van der Waals surface area contributed by atoms with Crippen molar-refractivity contribution in [1.82, 2.24) is 4.98 Å². The summed E-state index contributed by atoms with van der Waals surface area (Å²) >= 11 is 0. The van der Waals surface area contributed by atoms with Crippen LogP contribution in [0.2, 0.25) is 0 Å². The van der Waals surface area contributed by atoms with Gasteiger partial charge in [-0.1, -0.05) is 0 Å². The third-order valence-corrected chi connectivity index (χ3v) is 3.82. The van der Waals surface area contributed by atoms with Crippen LogP contribution in [-0.4, -0.2) is 17.6 Å². The Morgan fingerprint density at radius 3 is 2.94 bits per heavy atom. The monoisotopic (exact) mass is 245 g/mol. The first-order valence-electron chi connectivity index (χ1n) is 6.64. The Morgan fingerprint density at radius 1 is 1.28 bits per heavy atom. The number of nitrogens with zero attached hydrogens (tertiary/aromatic N) is 1. The van der Waals surface area contributed by atoms with Crippen molar-refractivity contribution < 1.29 is 4.42 Å². The third-order valence-electron chi connectivity index (χ3n) is 3.82. The molecule has 0 radical (unpaired) electrons. The van der Waals surface area contributed by atoms with E-state index in [1.807, 2.05) is 18.2 Å². The first-order chi connectivity index (χ1) is 8.81. The Labute approximate surface area is 107 Å². The van der Waals surface area contributed by atoms with Crippen LogP contribution in [0.5, 0.6) is 0 Å². The fraction of sp³-hybridized carbons (Fsp3) is 0.500. The lowest BCUT2D eigenvalue weighted by atomic mass is 9.86. The lowest BCUT2D eigenvalue weighted by Crippen LogP contribution is -2.29. The molecule has 4 nitrogen and oxygen atoms in total. The van der Waals surface area contributed by atoms with E-state index in [0.717, 1.165) is 42.1 Å². The van der Waals surface area contributed by atoms with Crippen molar-refractivity contribution in [3.05, 3.63) is 24.6 Å². The third kappa shape index (κ3) is 2.48. The van der Waals surface area contributed by atoms with E-state index in [2.05, 4.69) is 10.3 Å². The Hall–Kier alpha value is -1.55. The molecule has 18 heavy (non-hydrogen) atoms. The molecule has 1 aromatic heterocycles. The molecule has 0 saturated heterocycles. The van der Waals surface area contributed by atoms with E-state index < -0.39 is 0 Å². The van der Waals surface area contributed by atoms with Crippen LogP contribution < -0.4 is 11.1 Å². The normalized spacial score (nSPS) is 24.3. The van der Waals surface area contributed by atoms with Crippen LogP contribution in [0.1, 0.15) is 25.7 Å². The molecule has 0 unspecified atom stereocenters. The summed E-state index contributed by atoms with van der Waals surface area (Å²) in [5.74, 6) is 0.748. The topological polar surface area (TPSA) is 64.1 Å². The number of hydrogen-bond donors (Lipinski definition) is 2. The molecule has 1 aromatic carbocycles. The fourth-order valence-electron chi connectivity index (χ4n) is 2.62. The van der Waals surface area contributed by atoms with Crippen LogP contribution >= 0.6 is 0 Å². The number of anilines is 1. The molecule has 1 aliphatic rings. The molecule has 1 aliphatic carbocycles. The van der Waals surface area contributed by atoms with Crippen molar-refractivity contribution >= 4 is 16.8 Å². The number of nitrogens with one attached hydrogen (secondary N) is 1. The van der Waals surface area contributed by atoms with Crippen LogP contribution in [0, 0.1) is 5.92 Å². The molecule has 1 saturated carbocycles. The standard InChI is InChI=1S/C14H19N3O/c15-11-3-1-10(2-4-11)8-16-12-5-6-14-13(7-12)17-9-18-14/h5-7,9-11,16H,1-4,8,15H2/t10-,11-. The zero-order valence-corrected chi connectivity index (χ0v) is 10.4. The van der Waals surface area contributed by atoms with Crippen LogP contribution in [0.4, 0.5) is 5.69 Å². The molecule has 0 amide bonds. The summed E-state index contributed by atoms with van der Waals surface area (Å²) in [5.41, 5.74) is 8.78. The van der Waals surface area contributed by atoms with E-state index >= 15 is 0 Å². The van der Waals surface area contributed by atoms with Crippen molar-refractivity contribution in [3.8, 4) is 0 Å². The van der Waals surface area contributed by atoms with Gasteiger partial charge in [-0.2, -0.15) is 0 Å². The predicted octanol–water partition coefficient (Wildman–Crippen LogP) is 2.76. The van der Waals surface area contributed by atoms with Crippen molar-refractivity contribution in [2.75, 3.05) is 11.9 Å². The molecule has 4 heteroatoms. The molecule has 0 atom stereocenters. The molecule has 2 aromatic rings. The summed E-state index contributed by atoms with van der Waals surface area (Å²) in [6, 6.07) is 6.46. The highest BCUT2D eigenvalue weighted by atomic mass is 16.3. The summed E-state index contributed by atoms with van der Waals surface area (Å²) in [7, 11) is 0. The average Bonchev–Trinajstić information content (AvgIpc) is 2.85. The highest BCUT2D eigenvalue weighted by Gasteiger charge is 2.18. The molecule has 0 spiro atoms.